The Morgan fingerprint density at radius 1 is 0.850 bits per heavy atom. The summed E-state index contributed by atoms with van der Waals surface area (Å²) in [6.45, 7) is 7.87. The summed E-state index contributed by atoms with van der Waals surface area (Å²) in [5.41, 5.74) is 0. The predicted molar refractivity (Wildman–Crippen MR) is 87.7 cm³/mol. The van der Waals surface area contributed by atoms with Crippen molar-refractivity contribution >= 4 is 8.60 Å². The van der Waals surface area contributed by atoms with Crippen molar-refractivity contribution in [2.45, 2.75) is 85.0 Å². The van der Waals surface area contributed by atoms with E-state index >= 15 is 0 Å². The van der Waals surface area contributed by atoms with Crippen molar-refractivity contribution in [3.8, 4) is 0 Å². The van der Waals surface area contributed by atoms with Gasteiger partial charge in [-0.2, -0.15) is 0 Å². The Bertz CT molecular complexity index is 191. The van der Waals surface area contributed by atoms with Crippen molar-refractivity contribution in [1.82, 2.24) is 0 Å². The molecule has 4 heteroatoms. The largest absolute Gasteiger partial charge is 0.329 e. The monoisotopic (exact) mass is 306 g/mol. The second-order valence-corrected chi connectivity index (χ2v) is 6.54. The van der Waals surface area contributed by atoms with Crippen LogP contribution in [0.15, 0.2) is 0 Å². The van der Waals surface area contributed by atoms with E-state index in [9.17, 15) is 4.89 Å². The predicted octanol–water partition coefficient (Wildman–Crippen LogP) is 5.82. The molecule has 122 valence electrons. The van der Waals surface area contributed by atoms with Crippen LogP contribution in [0.25, 0.3) is 0 Å². The van der Waals surface area contributed by atoms with Gasteiger partial charge in [0.1, 0.15) is 0 Å². The molecule has 20 heavy (non-hydrogen) atoms. The molecule has 0 radical (unpaired) electrons. The van der Waals surface area contributed by atoms with Crippen molar-refractivity contribution in [2.75, 3.05) is 13.2 Å². The number of hydrogen-bond donors (Lipinski definition) is 1. The van der Waals surface area contributed by atoms with Gasteiger partial charge in [0, 0.05) is 0 Å². The van der Waals surface area contributed by atoms with Gasteiger partial charge in [-0.05, 0) is 18.8 Å². The first-order chi connectivity index (χ1) is 9.74. The Morgan fingerprint density at radius 2 is 1.50 bits per heavy atom. The summed E-state index contributed by atoms with van der Waals surface area (Å²) >= 11 is 0. The van der Waals surface area contributed by atoms with Crippen LogP contribution in [0.2, 0.25) is 0 Å². The molecule has 1 N–H and O–H groups in total. The zero-order chi connectivity index (χ0) is 15.1. The van der Waals surface area contributed by atoms with E-state index in [-0.39, 0.29) is 0 Å². The lowest BCUT2D eigenvalue weighted by atomic mass is 9.99. The van der Waals surface area contributed by atoms with E-state index in [0.717, 1.165) is 12.8 Å². The van der Waals surface area contributed by atoms with Crippen molar-refractivity contribution < 1.29 is 13.9 Å². The van der Waals surface area contributed by atoms with Gasteiger partial charge in [-0.15, -0.1) is 0 Å². The lowest BCUT2D eigenvalue weighted by Crippen LogP contribution is -2.07. The molecule has 0 fully saturated rings. The third kappa shape index (κ3) is 13.3. The van der Waals surface area contributed by atoms with E-state index in [4.69, 9.17) is 9.05 Å². The molecule has 0 saturated carbocycles. The zero-order valence-electron chi connectivity index (χ0n) is 13.8. The minimum atomic E-state index is -1.66. The van der Waals surface area contributed by atoms with Gasteiger partial charge < -0.3 is 13.9 Å². The Balaban J connectivity index is 3.50. The molecule has 0 aliphatic rings. The van der Waals surface area contributed by atoms with Gasteiger partial charge in [0.25, 0.3) is 0 Å². The third-order valence-corrected chi connectivity index (χ3v) is 4.44. The lowest BCUT2D eigenvalue weighted by molar-refractivity contribution is 0.166. The lowest BCUT2D eigenvalue weighted by Gasteiger charge is -2.17. The van der Waals surface area contributed by atoms with Crippen molar-refractivity contribution in [1.29, 1.82) is 0 Å². The van der Waals surface area contributed by atoms with E-state index in [2.05, 4.69) is 20.8 Å². The van der Waals surface area contributed by atoms with Gasteiger partial charge in [-0.3, -0.25) is 0 Å². The van der Waals surface area contributed by atoms with Crippen molar-refractivity contribution in [2.24, 2.45) is 5.92 Å². The minimum Gasteiger partial charge on any atom is -0.328 e. The molecule has 0 bridgehead atoms. The molecule has 3 nitrogen and oxygen atoms in total. The fourth-order valence-corrected chi connectivity index (χ4v) is 2.84. The van der Waals surface area contributed by atoms with Gasteiger partial charge in [0.15, 0.2) is 0 Å². The zero-order valence-corrected chi connectivity index (χ0v) is 14.7. The van der Waals surface area contributed by atoms with Crippen LogP contribution in [-0.2, 0) is 9.05 Å². The summed E-state index contributed by atoms with van der Waals surface area (Å²) in [5.74, 6) is 0.563. The summed E-state index contributed by atoms with van der Waals surface area (Å²) in [7, 11) is -1.66. The molecule has 0 rings (SSSR count). The van der Waals surface area contributed by atoms with Crippen LogP contribution in [0.5, 0.6) is 0 Å². The van der Waals surface area contributed by atoms with E-state index in [1.807, 2.05) is 0 Å². The first kappa shape index (κ1) is 20.3. The average molecular weight is 306 g/mol. The van der Waals surface area contributed by atoms with Crippen LogP contribution in [0, 0.1) is 5.92 Å². The second kappa shape index (κ2) is 15.7. The second-order valence-electron chi connectivity index (χ2n) is 5.55. The molecule has 0 aliphatic carbocycles. The third-order valence-electron chi connectivity index (χ3n) is 3.66. The number of rotatable bonds is 15. The van der Waals surface area contributed by atoms with Gasteiger partial charge in [0.05, 0.1) is 13.2 Å². The maximum atomic E-state index is 9.68. The standard InChI is InChI=1S/C16H35O3P/c1-4-7-9-11-13-16(6-3)15-19-20(17)18-14-12-10-8-5-2/h16-17H,4-15H2,1-3H3. The van der Waals surface area contributed by atoms with Crippen LogP contribution in [0.4, 0.5) is 0 Å². The summed E-state index contributed by atoms with van der Waals surface area (Å²) in [4.78, 5) is 9.68. The normalized spacial score (nSPS) is 14.4. The van der Waals surface area contributed by atoms with Crippen molar-refractivity contribution in [3.63, 3.8) is 0 Å². The Kier molecular flexibility index (Phi) is 15.9. The summed E-state index contributed by atoms with van der Waals surface area (Å²) in [5, 5.41) is 0. The van der Waals surface area contributed by atoms with Gasteiger partial charge in [-0.25, -0.2) is 0 Å². The molecule has 0 aromatic carbocycles. The van der Waals surface area contributed by atoms with Crippen LogP contribution in [-0.4, -0.2) is 18.1 Å². The molecular formula is C16H35O3P. The van der Waals surface area contributed by atoms with Crippen LogP contribution in [0.1, 0.15) is 85.0 Å². The quantitative estimate of drug-likeness (QED) is 0.306. The number of hydrogen-bond acceptors (Lipinski definition) is 3. The highest BCUT2D eigenvalue weighted by Crippen LogP contribution is 2.34. The van der Waals surface area contributed by atoms with Crippen molar-refractivity contribution in [3.05, 3.63) is 0 Å². The van der Waals surface area contributed by atoms with E-state index < -0.39 is 8.60 Å². The van der Waals surface area contributed by atoms with Gasteiger partial charge in [0.2, 0.25) is 0 Å². The van der Waals surface area contributed by atoms with E-state index in [1.165, 1.54) is 51.4 Å². The highest BCUT2D eigenvalue weighted by Gasteiger charge is 2.12. The maximum Gasteiger partial charge on any atom is 0.329 e. The molecular weight excluding hydrogens is 271 g/mol. The molecule has 0 saturated heterocycles. The molecule has 0 spiro atoms. The Hall–Kier alpha value is 0.310. The molecule has 2 unspecified atom stereocenters. The van der Waals surface area contributed by atoms with Gasteiger partial charge in [-0.1, -0.05) is 72.1 Å². The fourth-order valence-electron chi connectivity index (χ4n) is 2.14. The molecule has 0 aromatic rings. The highest BCUT2D eigenvalue weighted by atomic mass is 31.2. The van der Waals surface area contributed by atoms with Crippen LogP contribution >= 0.6 is 8.60 Å². The maximum absolute atomic E-state index is 9.68. The molecule has 0 aromatic heterocycles. The van der Waals surface area contributed by atoms with Crippen LogP contribution in [0.3, 0.4) is 0 Å². The van der Waals surface area contributed by atoms with Crippen LogP contribution < -0.4 is 0 Å². The molecule has 0 aliphatic heterocycles. The number of unbranched alkanes of at least 4 members (excludes halogenated alkanes) is 6. The summed E-state index contributed by atoms with van der Waals surface area (Å²) < 4.78 is 10.8. The molecule has 0 amide bonds. The summed E-state index contributed by atoms with van der Waals surface area (Å²) in [6, 6.07) is 0. The SMILES string of the molecule is CCCCCCOP(O)OCC(CC)CCCCCC. The highest BCUT2D eigenvalue weighted by molar-refractivity contribution is 7.40. The molecule has 2 atom stereocenters. The molecule has 0 heterocycles. The Labute approximate surface area is 127 Å². The van der Waals surface area contributed by atoms with E-state index in [0.29, 0.717) is 19.1 Å². The van der Waals surface area contributed by atoms with Gasteiger partial charge >= 0.3 is 8.60 Å². The minimum absolute atomic E-state index is 0.563. The average Bonchev–Trinajstić information content (AvgIpc) is 2.46. The first-order valence-electron chi connectivity index (χ1n) is 8.49. The Morgan fingerprint density at radius 3 is 2.10 bits per heavy atom. The van der Waals surface area contributed by atoms with E-state index in [1.54, 1.807) is 0 Å². The topological polar surface area (TPSA) is 38.7 Å². The smallest absolute Gasteiger partial charge is 0.328 e. The summed E-state index contributed by atoms with van der Waals surface area (Å²) in [6.07, 6.45) is 12.2. The first-order valence-corrected chi connectivity index (χ1v) is 9.62. The fraction of sp³-hybridized carbons (Fsp3) is 1.00.